The Morgan fingerprint density at radius 1 is 1.48 bits per heavy atom. The highest BCUT2D eigenvalue weighted by molar-refractivity contribution is 5.85. The van der Waals surface area contributed by atoms with Gasteiger partial charge in [-0.3, -0.25) is 9.69 Å². The zero-order valence-corrected chi connectivity index (χ0v) is 13.4. The van der Waals surface area contributed by atoms with Crippen LogP contribution in [0.4, 0.5) is 0 Å². The molecule has 1 fully saturated rings. The second kappa shape index (κ2) is 8.87. The molecule has 1 saturated heterocycles. The molecule has 1 unspecified atom stereocenters. The van der Waals surface area contributed by atoms with Crippen LogP contribution in [0.3, 0.4) is 0 Å². The lowest BCUT2D eigenvalue weighted by Gasteiger charge is -2.36. The zero-order valence-electron chi connectivity index (χ0n) is 12.6. The van der Waals surface area contributed by atoms with Gasteiger partial charge in [0.25, 0.3) is 0 Å². The molecule has 118 valence electrons. The number of para-hydroxylation sites is 1. The molecule has 0 radical (unpaired) electrons. The predicted molar refractivity (Wildman–Crippen MR) is 86.1 cm³/mol. The van der Waals surface area contributed by atoms with E-state index in [4.69, 9.17) is 4.74 Å². The van der Waals surface area contributed by atoms with E-state index in [0.717, 1.165) is 30.9 Å². The minimum atomic E-state index is 0. The first-order valence-corrected chi connectivity index (χ1v) is 7.10. The maximum Gasteiger partial charge on any atom is 0.234 e. The Kier molecular flexibility index (Phi) is 7.50. The minimum absolute atomic E-state index is 0. The smallest absolute Gasteiger partial charge is 0.234 e. The molecule has 2 N–H and O–H groups in total. The number of nitrogens with zero attached hydrogens (tertiary/aromatic N) is 1. The monoisotopic (exact) mass is 313 g/mol. The third-order valence-electron chi connectivity index (χ3n) is 3.57. The molecule has 21 heavy (non-hydrogen) atoms. The van der Waals surface area contributed by atoms with Crippen molar-refractivity contribution in [1.82, 2.24) is 15.5 Å². The number of rotatable bonds is 5. The molecule has 6 heteroatoms. The molecule has 1 aliphatic heterocycles. The molecule has 1 atom stereocenters. The molecule has 1 amide bonds. The lowest BCUT2D eigenvalue weighted by atomic mass is 10.0. The summed E-state index contributed by atoms with van der Waals surface area (Å²) in [5.41, 5.74) is 1.13. The number of ether oxygens (including phenoxy) is 1. The number of piperazine rings is 1. The fourth-order valence-corrected chi connectivity index (χ4v) is 2.62. The van der Waals surface area contributed by atoms with Crippen molar-refractivity contribution in [3.8, 4) is 5.75 Å². The fourth-order valence-electron chi connectivity index (χ4n) is 2.62. The Hall–Kier alpha value is -1.30. The highest BCUT2D eigenvalue weighted by Crippen LogP contribution is 2.29. The summed E-state index contributed by atoms with van der Waals surface area (Å²) in [4.78, 5) is 14.0. The van der Waals surface area contributed by atoms with E-state index < -0.39 is 0 Å². The first-order valence-electron chi connectivity index (χ1n) is 7.10. The summed E-state index contributed by atoms with van der Waals surface area (Å²) >= 11 is 0. The van der Waals surface area contributed by atoms with Crippen LogP contribution in [-0.4, -0.2) is 50.6 Å². The van der Waals surface area contributed by atoms with E-state index in [1.165, 1.54) is 0 Å². The van der Waals surface area contributed by atoms with Gasteiger partial charge >= 0.3 is 0 Å². The third-order valence-corrected chi connectivity index (χ3v) is 3.57. The van der Waals surface area contributed by atoms with Crippen molar-refractivity contribution in [2.45, 2.75) is 13.0 Å². The van der Waals surface area contributed by atoms with Crippen LogP contribution >= 0.6 is 12.4 Å². The van der Waals surface area contributed by atoms with Crippen molar-refractivity contribution in [3.63, 3.8) is 0 Å². The highest BCUT2D eigenvalue weighted by Gasteiger charge is 2.27. The van der Waals surface area contributed by atoms with E-state index in [0.29, 0.717) is 13.1 Å². The molecule has 0 aromatic heterocycles. The molecule has 1 aromatic carbocycles. The Morgan fingerprint density at radius 3 is 2.95 bits per heavy atom. The lowest BCUT2D eigenvalue weighted by molar-refractivity contribution is -0.122. The molecule has 1 aliphatic rings. The van der Waals surface area contributed by atoms with Gasteiger partial charge in [0.05, 0.1) is 19.7 Å². The van der Waals surface area contributed by atoms with Crippen LogP contribution in [-0.2, 0) is 4.79 Å². The molecule has 0 aliphatic carbocycles. The number of nitrogens with one attached hydrogen (secondary N) is 2. The van der Waals surface area contributed by atoms with Gasteiger partial charge < -0.3 is 15.4 Å². The van der Waals surface area contributed by atoms with Crippen molar-refractivity contribution in [2.75, 3.05) is 39.8 Å². The van der Waals surface area contributed by atoms with Crippen molar-refractivity contribution in [1.29, 1.82) is 0 Å². The number of carbonyl (C=O) groups excluding carboxylic acids is 1. The van der Waals surface area contributed by atoms with Crippen molar-refractivity contribution < 1.29 is 9.53 Å². The Labute approximate surface area is 132 Å². The average Bonchev–Trinajstić information content (AvgIpc) is 2.48. The minimum Gasteiger partial charge on any atom is -0.496 e. The van der Waals surface area contributed by atoms with E-state index >= 15 is 0 Å². The number of benzene rings is 1. The van der Waals surface area contributed by atoms with Crippen LogP contribution < -0.4 is 15.4 Å². The number of carbonyl (C=O) groups is 1. The van der Waals surface area contributed by atoms with Gasteiger partial charge in [-0.2, -0.15) is 0 Å². The summed E-state index contributed by atoms with van der Waals surface area (Å²) in [5, 5.41) is 6.25. The Morgan fingerprint density at radius 2 is 2.24 bits per heavy atom. The molecular weight excluding hydrogens is 290 g/mol. The third kappa shape index (κ3) is 4.59. The van der Waals surface area contributed by atoms with Gasteiger partial charge in [-0.15, -0.1) is 12.4 Å². The summed E-state index contributed by atoms with van der Waals surface area (Å²) in [6.07, 6.45) is 0. The van der Waals surface area contributed by atoms with Crippen LogP contribution in [0.2, 0.25) is 0 Å². The topological polar surface area (TPSA) is 53.6 Å². The van der Waals surface area contributed by atoms with Gasteiger partial charge in [0.1, 0.15) is 5.75 Å². The standard InChI is InChI=1S/C15H23N3O2.ClH/c1-3-17-15(19)11-18-9-8-16-10-13(18)12-6-4-5-7-14(12)20-2;/h4-7,13,16H,3,8-11H2,1-2H3,(H,17,19);1H. The SMILES string of the molecule is CCNC(=O)CN1CCNCC1c1ccccc1OC.Cl. The maximum atomic E-state index is 11.8. The number of hydrogen-bond donors (Lipinski definition) is 2. The largest absolute Gasteiger partial charge is 0.496 e. The Bertz CT molecular complexity index is 456. The number of likely N-dealkylation sites (N-methyl/N-ethyl adjacent to an activating group) is 1. The van der Waals surface area contributed by atoms with Gasteiger partial charge in [0.15, 0.2) is 0 Å². The molecule has 5 nitrogen and oxygen atoms in total. The summed E-state index contributed by atoms with van der Waals surface area (Å²) in [6.45, 7) is 5.64. The molecule has 0 bridgehead atoms. The predicted octanol–water partition coefficient (Wildman–Crippen LogP) is 1.20. The number of hydrogen-bond acceptors (Lipinski definition) is 4. The van der Waals surface area contributed by atoms with Crippen LogP contribution in [0.5, 0.6) is 5.75 Å². The quantitative estimate of drug-likeness (QED) is 0.858. The fraction of sp³-hybridized carbons (Fsp3) is 0.533. The van der Waals surface area contributed by atoms with Crippen LogP contribution in [0.1, 0.15) is 18.5 Å². The molecule has 1 heterocycles. The summed E-state index contributed by atoms with van der Waals surface area (Å²) in [7, 11) is 1.68. The molecule has 0 spiro atoms. The van der Waals surface area contributed by atoms with Gasteiger partial charge in [-0.25, -0.2) is 0 Å². The first-order chi connectivity index (χ1) is 9.76. The van der Waals surface area contributed by atoms with Crippen molar-refractivity contribution in [3.05, 3.63) is 29.8 Å². The lowest BCUT2D eigenvalue weighted by Crippen LogP contribution is -2.49. The number of halogens is 1. The van der Waals surface area contributed by atoms with Crippen molar-refractivity contribution >= 4 is 18.3 Å². The van der Waals surface area contributed by atoms with E-state index in [9.17, 15) is 4.79 Å². The van der Waals surface area contributed by atoms with E-state index in [2.05, 4.69) is 21.6 Å². The maximum absolute atomic E-state index is 11.8. The van der Waals surface area contributed by atoms with Crippen LogP contribution in [0.25, 0.3) is 0 Å². The highest BCUT2D eigenvalue weighted by atomic mass is 35.5. The average molecular weight is 314 g/mol. The first kappa shape index (κ1) is 17.8. The van der Waals surface area contributed by atoms with Crippen LogP contribution in [0, 0.1) is 0 Å². The van der Waals surface area contributed by atoms with E-state index in [1.54, 1.807) is 7.11 Å². The van der Waals surface area contributed by atoms with E-state index in [1.807, 2.05) is 25.1 Å². The molecule has 2 rings (SSSR count). The normalized spacial score (nSPS) is 18.7. The van der Waals surface area contributed by atoms with Gasteiger partial charge in [0, 0.05) is 31.7 Å². The second-order valence-electron chi connectivity index (χ2n) is 4.89. The van der Waals surface area contributed by atoms with E-state index in [-0.39, 0.29) is 24.4 Å². The van der Waals surface area contributed by atoms with Gasteiger partial charge in [-0.05, 0) is 13.0 Å². The zero-order chi connectivity index (χ0) is 14.4. The second-order valence-corrected chi connectivity index (χ2v) is 4.89. The summed E-state index contributed by atoms with van der Waals surface area (Å²) in [5.74, 6) is 0.955. The number of methoxy groups -OCH3 is 1. The molecule has 1 aromatic rings. The van der Waals surface area contributed by atoms with Gasteiger partial charge in [0.2, 0.25) is 5.91 Å². The van der Waals surface area contributed by atoms with Gasteiger partial charge in [-0.1, -0.05) is 18.2 Å². The number of amides is 1. The van der Waals surface area contributed by atoms with Crippen molar-refractivity contribution in [2.24, 2.45) is 0 Å². The molecular formula is C15H24ClN3O2. The molecule has 0 saturated carbocycles. The summed E-state index contributed by atoms with van der Waals surface area (Å²) < 4.78 is 5.44. The van der Waals surface area contributed by atoms with Crippen LogP contribution in [0.15, 0.2) is 24.3 Å². The summed E-state index contributed by atoms with van der Waals surface area (Å²) in [6, 6.07) is 8.18. The Balaban J connectivity index is 0.00000220.